The smallest absolute Gasteiger partial charge is 0.119 e. The normalized spacial score (nSPS) is 12.9. The third-order valence-corrected chi connectivity index (χ3v) is 3.62. The molecule has 3 nitrogen and oxygen atoms in total. The topological polar surface area (TPSA) is 24.5 Å². The Kier molecular flexibility index (Phi) is 8.40. The van der Waals surface area contributed by atoms with Crippen molar-refractivity contribution in [2.24, 2.45) is 0 Å². The largest absolute Gasteiger partial charge is 0.491 e. The molecular formula is C18H32N2O. The lowest BCUT2D eigenvalue weighted by Gasteiger charge is -2.21. The van der Waals surface area contributed by atoms with Gasteiger partial charge in [-0.15, -0.1) is 0 Å². The van der Waals surface area contributed by atoms with Crippen molar-refractivity contribution < 1.29 is 4.74 Å². The zero-order chi connectivity index (χ0) is 15.7. The van der Waals surface area contributed by atoms with Gasteiger partial charge in [0.15, 0.2) is 0 Å². The molecule has 1 N–H and O–H groups in total. The molecule has 0 aliphatic rings. The molecule has 3 heteroatoms. The number of nitrogens with zero attached hydrogens (tertiary/aromatic N) is 1. The highest BCUT2D eigenvalue weighted by Gasteiger charge is 2.06. The Morgan fingerprint density at radius 1 is 1.05 bits per heavy atom. The van der Waals surface area contributed by atoms with Crippen LogP contribution in [0.1, 0.15) is 52.6 Å². The van der Waals surface area contributed by atoms with Gasteiger partial charge in [0.2, 0.25) is 0 Å². The number of hydrogen-bond acceptors (Lipinski definition) is 3. The summed E-state index contributed by atoms with van der Waals surface area (Å²) in [5.41, 5.74) is 1.31. The summed E-state index contributed by atoms with van der Waals surface area (Å²) < 4.78 is 5.68. The second-order valence-electron chi connectivity index (χ2n) is 5.85. The predicted molar refractivity (Wildman–Crippen MR) is 91.0 cm³/mol. The zero-order valence-electron chi connectivity index (χ0n) is 14.4. The maximum Gasteiger partial charge on any atom is 0.119 e. The summed E-state index contributed by atoms with van der Waals surface area (Å²) in [5.74, 6) is 0.945. The van der Waals surface area contributed by atoms with Crippen LogP contribution in [-0.4, -0.2) is 37.2 Å². The molecule has 1 aromatic carbocycles. The molecule has 1 aromatic rings. The Morgan fingerprint density at radius 2 is 1.71 bits per heavy atom. The molecule has 0 amide bonds. The van der Waals surface area contributed by atoms with E-state index in [4.69, 9.17) is 4.74 Å². The fourth-order valence-electron chi connectivity index (χ4n) is 2.41. The zero-order valence-corrected chi connectivity index (χ0v) is 14.4. The molecule has 0 fully saturated rings. The standard InChI is InChI=1S/C18H32N2O/c1-6-13-20(7-2)14-12-19-16(5)17-8-10-18(11-9-17)21-15(3)4/h8-11,15-16,19H,6-7,12-14H2,1-5H3. The monoisotopic (exact) mass is 292 g/mol. The van der Waals surface area contributed by atoms with Crippen molar-refractivity contribution in [3.05, 3.63) is 29.8 Å². The lowest BCUT2D eigenvalue weighted by atomic mass is 10.1. The van der Waals surface area contributed by atoms with Gasteiger partial charge in [0.05, 0.1) is 6.10 Å². The highest BCUT2D eigenvalue weighted by Crippen LogP contribution is 2.18. The van der Waals surface area contributed by atoms with Crippen LogP contribution in [0.2, 0.25) is 0 Å². The van der Waals surface area contributed by atoms with E-state index in [0.29, 0.717) is 6.04 Å². The molecule has 0 aromatic heterocycles. The van der Waals surface area contributed by atoms with Crippen LogP contribution < -0.4 is 10.1 Å². The maximum atomic E-state index is 5.68. The van der Waals surface area contributed by atoms with Gasteiger partial charge in [0.1, 0.15) is 5.75 Å². The average molecular weight is 292 g/mol. The van der Waals surface area contributed by atoms with Gasteiger partial charge in [-0.3, -0.25) is 0 Å². The predicted octanol–water partition coefficient (Wildman–Crippen LogP) is 3.86. The highest BCUT2D eigenvalue weighted by molar-refractivity contribution is 5.29. The van der Waals surface area contributed by atoms with Gasteiger partial charge in [0.25, 0.3) is 0 Å². The lowest BCUT2D eigenvalue weighted by molar-refractivity contribution is 0.242. The molecule has 1 rings (SSSR count). The first-order chi connectivity index (χ1) is 10.1. The number of benzene rings is 1. The van der Waals surface area contributed by atoms with Gasteiger partial charge in [-0.05, 0) is 58.0 Å². The second kappa shape index (κ2) is 9.80. The van der Waals surface area contributed by atoms with Crippen molar-refractivity contribution in [3.63, 3.8) is 0 Å². The van der Waals surface area contributed by atoms with E-state index in [0.717, 1.165) is 25.4 Å². The van der Waals surface area contributed by atoms with Gasteiger partial charge in [0, 0.05) is 19.1 Å². The van der Waals surface area contributed by atoms with Crippen molar-refractivity contribution in [1.29, 1.82) is 0 Å². The van der Waals surface area contributed by atoms with Gasteiger partial charge in [-0.25, -0.2) is 0 Å². The number of ether oxygens (including phenoxy) is 1. The van der Waals surface area contributed by atoms with Crippen LogP contribution in [0.5, 0.6) is 5.75 Å². The summed E-state index contributed by atoms with van der Waals surface area (Å²) in [6, 6.07) is 8.79. The summed E-state index contributed by atoms with van der Waals surface area (Å²) >= 11 is 0. The fraction of sp³-hybridized carbons (Fsp3) is 0.667. The van der Waals surface area contributed by atoms with E-state index < -0.39 is 0 Å². The fourth-order valence-corrected chi connectivity index (χ4v) is 2.41. The third-order valence-electron chi connectivity index (χ3n) is 3.62. The quantitative estimate of drug-likeness (QED) is 0.709. The summed E-state index contributed by atoms with van der Waals surface area (Å²) in [7, 11) is 0. The SMILES string of the molecule is CCCN(CC)CCNC(C)c1ccc(OC(C)C)cc1. The summed E-state index contributed by atoms with van der Waals surface area (Å²) in [5, 5.41) is 3.60. The van der Waals surface area contributed by atoms with E-state index in [9.17, 15) is 0 Å². The molecule has 0 spiro atoms. The van der Waals surface area contributed by atoms with Crippen LogP contribution in [0.4, 0.5) is 0 Å². The minimum atomic E-state index is 0.227. The molecule has 120 valence electrons. The Bertz CT molecular complexity index is 375. The van der Waals surface area contributed by atoms with E-state index in [-0.39, 0.29) is 6.10 Å². The van der Waals surface area contributed by atoms with E-state index >= 15 is 0 Å². The number of hydrogen-bond donors (Lipinski definition) is 1. The molecule has 1 atom stereocenters. The van der Waals surface area contributed by atoms with Gasteiger partial charge < -0.3 is 15.0 Å². The van der Waals surface area contributed by atoms with Crippen molar-refractivity contribution >= 4 is 0 Å². The third kappa shape index (κ3) is 6.96. The van der Waals surface area contributed by atoms with Crippen LogP contribution in [0.25, 0.3) is 0 Å². The van der Waals surface area contributed by atoms with Crippen LogP contribution >= 0.6 is 0 Å². The van der Waals surface area contributed by atoms with Crippen LogP contribution in [0, 0.1) is 0 Å². The molecule has 1 unspecified atom stereocenters. The first-order valence-corrected chi connectivity index (χ1v) is 8.29. The Morgan fingerprint density at radius 3 is 2.24 bits per heavy atom. The molecular weight excluding hydrogens is 260 g/mol. The molecule has 0 heterocycles. The number of likely N-dealkylation sites (N-methyl/N-ethyl adjacent to an activating group) is 1. The molecule has 21 heavy (non-hydrogen) atoms. The summed E-state index contributed by atoms with van der Waals surface area (Å²) in [6.07, 6.45) is 1.45. The molecule has 0 aliphatic heterocycles. The highest BCUT2D eigenvalue weighted by atomic mass is 16.5. The van der Waals surface area contributed by atoms with Gasteiger partial charge in [-0.1, -0.05) is 26.0 Å². The van der Waals surface area contributed by atoms with E-state index in [2.05, 4.69) is 55.3 Å². The maximum absolute atomic E-state index is 5.68. The molecule has 0 saturated carbocycles. The van der Waals surface area contributed by atoms with Crippen molar-refractivity contribution in [2.75, 3.05) is 26.2 Å². The second-order valence-corrected chi connectivity index (χ2v) is 5.85. The molecule has 0 aliphatic carbocycles. The van der Waals surface area contributed by atoms with Crippen LogP contribution in [-0.2, 0) is 0 Å². The minimum Gasteiger partial charge on any atom is -0.491 e. The van der Waals surface area contributed by atoms with Crippen molar-refractivity contribution in [3.8, 4) is 5.75 Å². The summed E-state index contributed by atoms with van der Waals surface area (Å²) in [4.78, 5) is 2.49. The number of rotatable bonds is 10. The van der Waals surface area contributed by atoms with Crippen LogP contribution in [0.3, 0.4) is 0 Å². The molecule has 0 saturated heterocycles. The first-order valence-electron chi connectivity index (χ1n) is 8.29. The van der Waals surface area contributed by atoms with E-state index in [1.807, 2.05) is 13.8 Å². The van der Waals surface area contributed by atoms with E-state index in [1.54, 1.807) is 0 Å². The average Bonchev–Trinajstić information content (AvgIpc) is 2.46. The number of nitrogens with one attached hydrogen (secondary N) is 1. The van der Waals surface area contributed by atoms with E-state index in [1.165, 1.54) is 18.5 Å². The molecule has 0 radical (unpaired) electrons. The Labute approximate surface area is 130 Å². The van der Waals surface area contributed by atoms with Gasteiger partial charge >= 0.3 is 0 Å². The summed E-state index contributed by atoms with van der Waals surface area (Å²) in [6.45, 7) is 15.2. The Balaban J connectivity index is 2.39. The van der Waals surface area contributed by atoms with Gasteiger partial charge in [-0.2, -0.15) is 0 Å². The lowest BCUT2D eigenvalue weighted by Crippen LogP contribution is -2.33. The van der Waals surface area contributed by atoms with Crippen molar-refractivity contribution in [2.45, 2.75) is 53.2 Å². The Hall–Kier alpha value is -1.06. The minimum absolute atomic E-state index is 0.227. The van der Waals surface area contributed by atoms with Crippen LogP contribution in [0.15, 0.2) is 24.3 Å². The first kappa shape index (κ1) is 18.0. The molecule has 0 bridgehead atoms. The van der Waals surface area contributed by atoms with Crippen molar-refractivity contribution in [1.82, 2.24) is 10.2 Å².